The number of aromatic carboxylic acids is 1. The summed E-state index contributed by atoms with van der Waals surface area (Å²) in [4.78, 5) is 11.3. The maximum atomic E-state index is 11.3. The molecule has 110 valence electrons. The number of rotatable bonds is 4. The lowest BCUT2D eigenvalue weighted by atomic mass is 9.82. The lowest BCUT2D eigenvalue weighted by Crippen LogP contribution is -2.29. The second-order valence-electron chi connectivity index (χ2n) is 5.82. The van der Waals surface area contributed by atoms with Crippen molar-refractivity contribution in [3.05, 3.63) is 23.8 Å². The Bertz CT molecular complexity index is 473. The van der Waals surface area contributed by atoms with Crippen molar-refractivity contribution in [2.45, 2.75) is 39.2 Å². The van der Waals surface area contributed by atoms with Gasteiger partial charge in [0, 0.05) is 0 Å². The first-order chi connectivity index (χ1) is 9.49. The highest BCUT2D eigenvalue weighted by Gasteiger charge is 2.26. The number of methoxy groups -OCH3 is 1. The molecule has 1 fully saturated rings. The molecule has 1 aromatic rings. The van der Waals surface area contributed by atoms with Gasteiger partial charge in [-0.05, 0) is 49.3 Å². The Morgan fingerprint density at radius 1 is 1.20 bits per heavy atom. The molecule has 4 heteroatoms. The van der Waals surface area contributed by atoms with Crippen LogP contribution in [-0.4, -0.2) is 24.3 Å². The molecule has 1 N–H and O–H groups in total. The van der Waals surface area contributed by atoms with Crippen molar-refractivity contribution in [1.29, 1.82) is 0 Å². The van der Waals surface area contributed by atoms with Crippen molar-refractivity contribution in [3.8, 4) is 11.5 Å². The van der Waals surface area contributed by atoms with Gasteiger partial charge in [-0.3, -0.25) is 0 Å². The first-order valence-electron chi connectivity index (χ1n) is 7.07. The van der Waals surface area contributed by atoms with E-state index < -0.39 is 5.97 Å². The predicted molar refractivity (Wildman–Crippen MR) is 76.5 cm³/mol. The number of carboxylic acids is 1. The standard InChI is InChI=1S/C16H22O4/c1-10-6-11(2)8-13(7-10)20-15-5-4-12(19-3)9-14(15)16(17)18/h4-5,9-11,13H,6-8H2,1-3H3,(H,17,18). The number of carbonyl (C=O) groups is 1. The Labute approximate surface area is 119 Å². The van der Waals surface area contributed by atoms with Crippen LogP contribution in [0.4, 0.5) is 0 Å². The lowest BCUT2D eigenvalue weighted by Gasteiger charge is -2.32. The third-order valence-corrected chi connectivity index (χ3v) is 3.85. The topological polar surface area (TPSA) is 55.8 Å². The largest absolute Gasteiger partial charge is 0.497 e. The molecule has 0 saturated heterocycles. The van der Waals surface area contributed by atoms with E-state index in [0.29, 0.717) is 23.3 Å². The molecule has 0 heterocycles. The zero-order valence-corrected chi connectivity index (χ0v) is 12.3. The maximum absolute atomic E-state index is 11.3. The van der Waals surface area contributed by atoms with E-state index in [4.69, 9.17) is 9.47 Å². The number of carboxylic acid groups (broad SMARTS) is 1. The van der Waals surface area contributed by atoms with Crippen LogP contribution in [0, 0.1) is 11.8 Å². The molecular formula is C16H22O4. The molecule has 1 aliphatic rings. The van der Waals surface area contributed by atoms with Crippen LogP contribution in [-0.2, 0) is 0 Å². The van der Waals surface area contributed by atoms with E-state index in [1.807, 2.05) is 0 Å². The van der Waals surface area contributed by atoms with Crippen LogP contribution >= 0.6 is 0 Å². The molecular weight excluding hydrogens is 256 g/mol. The van der Waals surface area contributed by atoms with Gasteiger partial charge in [-0.25, -0.2) is 4.79 Å². The van der Waals surface area contributed by atoms with Gasteiger partial charge in [-0.1, -0.05) is 13.8 Å². The molecule has 20 heavy (non-hydrogen) atoms. The summed E-state index contributed by atoms with van der Waals surface area (Å²) in [7, 11) is 1.52. The Morgan fingerprint density at radius 3 is 2.40 bits per heavy atom. The van der Waals surface area contributed by atoms with E-state index in [-0.39, 0.29) is 11.7 Å². The second-order valence-corrected chi connectivity index (χ2v) is 5.82. The molecule has 0 spiro atoms. The number of hydrogen-bond donors (Lipinski definition) is 1. The summed E-state index contributed by atoms with van der Waals surface area (Å²) in [5, 5.41) is 9.28. The number of ether oxygens (including phenoxy) is 2. The first kappa shape index (κ1) is 14.7. The fourth-order valence-electron chi connectivity index (χ4n) is 3.05. The van der Waals surface area contributed by atoms with Gasteiger partial charge in [0.2, 0.25) is 0 Å². The molecule has 2 unspecified atom stereocenters. The molecule has 0 aromatic heterocycles. The van der Waals surface area contributed by atoms with Crippen LogP contribution in [0.25, 0.3) is 0 Å². The van der Waals surface area contributed by atoms with Gasteiger partial charge < -0.3 is 14.6 Å². The maximum Gasteiger partial charge on any atom is 0.339 e. The Balaban J connectivity index is 2.18. The molecule has 1 saturated carbocycles. The quantitative estimate of drug-likeness (QED) is 0.914. The third-order valence-electron chi connectivity index (χ3n) is 3.85. The van der Waals surface area contributed by atoms with Crippen molar-refractivity contribution >= 4 is 5.97 Å². The van der Waals surface area contributed by atoms with Crippen LogP contribution < -0.4 is 9.47 Å². The molecule has 4 nitrogen and oxygen atoms in total. The summed E-state index contributed by atoms with van der Waals surface area (Å²) in [6, 6.07) is 4.93. The van der Waals surface area contributed by atoms with Gasteiger partial charge in [-0.15, -0.1) is 0 Å². The third kappa shape index (κ3) is 3.44. The molecule has 0 aliphatic heterocycles. The van der Waals surface area contributed by atoms with Gasteiger partial charge in [-0.2, -0.15) is 0 Å². The van der Waals surface area contributed by atoms with Crippen LogP contribution in [0.2, 0.25) is 0 Å². The minimum absolute atomic E-state index is 0.0974. The predicted octanol–water partition coefficient (Wildman–Crippen LogP) is 3.60. The summed E-state index contributed by atoms with van der Waals surface area (Å²) in [6.07, 6.45) is 3.28. The fraction of sp³-hybridized carbons (Fsp3) is 0.562. The highest BCUT2D eigenvalue weighted by atomic mass is 16.5. The fourth-order valence-corrected chi connectivity index (χ4v) is 3.05. The van der Waals surface area contributed by atoms with Gasteiger partial charge >= 0.3 is 5.97 Å². The van der Waals surface area contributed by atoms with Crippen LogP contribution in [0.1, 0.15) is 43.5 Å². The van der Waals surface area contributed by atoms with Gasteiger partial charge in [0.25, 0.3) is 0 Å². The second kappa shape index (κ2) is 6.16. The number of hydrogen-bond acceptors (Lipinski definition) is 3. The molecule has 1 aromatic carbocycles. The normalized spacial score (nSPS) is 26.1. The van der Waals surface area contributed by atoms with Crippen molar-refractivity contribution in [3.63, 3.8) is 0 Å². The van der Waals surface area contributed by atoms with Crippen LogP contribution in [0.5, 0.6) is 11.5 Å². The Hall–Kier alpha value is -1.71. The molecule has 1 aliphatic carbocycles. The monoisotopic (exact) mass is 278 g/mol. The minimum Gasteiger partial charge on any atom is -0.497 e. The van der Waals surface area contributed by atoms with E-state index in [9.17, 15) is 9.90 Å². The zero-order valence-electron chi connectivity index (χ0n) is 12.3. The summed E-state index contributed by atoms with van der Waals surface area (Å²) in [5.41, 5.74) is 0.162. The van der Waals surface area contributed by atoms with Crippen molar-refractivity contribution in [2.75, 3.05) is 7.11 Å². The SMILES string of the molecule is COc1ccc(OC2CC(C)CC(C)C2)c(C(=O)O)c1. The highest BCUT2D eigenvalue weighted by molar-refractivity contribution is 5.91. The van der Waals surface area contributed by atoms with E-state index in [1.165, 1.54) is 19.6 Å². The molecule has 0 radical (unpaired) electrons. The average molecular weight is 278 g/mol. The number of benzene rings is 1. The van der Waals surface area contributed by atoms with Gasteiger partial charge in [0.05, 0.1) is 13.2 Å². The summed E-state index contributed by atoms with van der Waals surface area (Å²) in [6.45, 7) is 4.44. The summed E-state index contributed by atoms with van der Waals surface area (Å²) < 4.78 is 11.0. The van der Waals surface area contributed by atoms with E-state index >= 15 is 0 Å². The van der Waals surface area contributed by atoms with Crippen molar-refractivity contribution < 1.29 is 19.4 Å². The average Bonchev–Trinajstić information content (AvgIpc) is 2.37. The first-order valence-corrected chi connectivity index (χ1v) is 7.07. The minimum atomic E-state index is -0.990. The van der Waals surface area contributed by atoms with Gasteiger partial charge in [0.1, 0.15) is 17.1 Å². The zero-order chi connectivity index (χ0) is 14.7. The molecule has 2 atom stereocenters. The Morgan fingerprint density at radius 2 is 1.85 bits per heavy atom. The van der Waals surface area contributed by atoms with Crippen LogP contribution in [0.15, 0.2) is 18.2 Å². The van der Waals surface area contributed by atoms with E-state index in [1.54, 1.807) is 12.1 Å². The molecule has 0 bridgehead atoms. The summed E-state index contributed by atoms with van der Waals surface area (Å²) >= 11 is 0. The Kier molecular flexibility index (Phi) is 4.53. The molecule has 0 amide bonds. The summed E-state index contributed by atoms with van der Waals surface area (Å²) in [5.74, 6) is 1.21. The van der Waals surface area contributed by atoms with Crippen LogP contribution in [0.3, 0.4) is 0 Å². The lowest BCUT2D eigenvalue weighted by molar-refractivity contribution is 0.0675. The highest BCUT2D eigenvalue weighted by Crippen LogP contribution is 2.33. The van der Waals surface area contributed by atoms with Crippen molar-refractivity contribution in [2.24, 2.45) is 11.8 Å². The molecule has 2 rings (SSSR count). The smallest absolute Gasteiger partial charge is 0.339 e. The van der Waals surface area contributed by atoms with Gasteiger partial charge in [0.15, 0.2) is 0 Å². The van der Waals surface area contributed by atoms with Crippen molar-refractivity contribution in [1.82, 2.24) is 0 Å². The van der Waals surface area contributed by atoms with E-state index in [0.717, 1.165) is 12.8 Å². The van der Waals surface area contributed by atoms with E-state index in [2.05, 4.69) is 13.8 Å².